The van der Waals surface area contributed by atoms with Crippen LogP contribution in [0.25, 0.3) is 5.57 Å². The quantitative estimate of drug-likeness (QED) is 0.426. The van der Waals surface area contributed by atoms with E-state index in [9.17, 15) is 14.7 Å². The summed E-state index contributed by atoms with van der Waals surface area (Å²) < 4.78 is 21.8. The van der Waals surface area contributed by atoms with E-state index >= 15 is 0 Å². The fourth-order valence-electron chi connectivity index (χ4n) is 4.62. The summed E-state index contributed by atoms with van der Waals surface area (Å²) in [6.45, 7) is 1.82. The van der Waals surface area contributed by atoms with Crippen LogP contribution in [-0.4, -0.2) is 38.3 Å². The number of hydrogen-bond acceptors (Lipinski definition) is 7. The van der Waals surface area contributed by atoms with Gasteiger partial charge in [-0.25, -0.2) is 4.79 Å². The molecular formula is C29H29NO7. The third-order valence-corrected chi connectivity index (χ3v) is 6.54. The average molecular weight is 504 g/mol. The van der Waals surface area contributed by atoms with E-state index in [-0.39, 0.29) is 17.6 Å². The summed E-state index contributed by atoms with van der Waals surface area (Å²) in [5, 5.41) is 12.0. The molecule has 1 aliphatic rings. The standard InChI is InChI=1S/C29H29NO7/c1-17-12-20(10-11-25(17)36-4)29(33)24(16-23(27(30)31)18-8-6-5-7-9-18)26(28(32)37-29)19-13-21(34-2)15-22(14-19)35-3/h5-15,23,33H,16H2,1-4H3,(H2,30,31). The predicted molar refractivity (Wildman–Crippen MR) is 137 cm³/mol. The number of carbonyl (C=O) groups excluding carboxylic acids is 2. The Morgan fingerprint density at radius 2 is 1.62 bits per heavy atom. The first kappa shape index (κ1) is 25.8. The largest absolute Gasteiger partial charge is 0.497 e. The van der Waals surface area contributed by atoms with Crippen LogP contribution in [0.3, 0.4) is 0 Å². The monoisotopic (exact) mass is 503 g/mol. The number of aliphatic hydroxyl groups is 1. The summed E-state index contributed by atoms with van der Waals surface area (Å²) in [5.74, 6) is -2.84. The molecule has 4 rings (SSSR count). The molecule has 0 radical (unpaired) electrons. The number of primary amides is 1. The van der Waals surface area contributed by atoms with Crippen molar-refractivity contribution in [1.82, 2.24) is 0 Å². The van der Waals surface area contributed by atoms with E-state index < -0.39 is 23.6 Å². The molecule has 0 spiro atoms. The Hall–Kier alpha value is -4.30. The van der Waals surface area contributed by atoms with Gasteiger partial charge in [-0.15, -0.1) is 0 Å². The molecule has 8 nitrogen and oxygen atoms in total. The van der Waals surface area contributed by atoms with Gasteiger partial charge in [0.05, 0.1) is 32.8 Å². The number of esters is 1. The first-order chi connectivity index (χ1) is 17.7. The Morgan fingerprint density at radius 1 is 0.973 bits per heavy atom. The van der Waals surface area contributed by atoms with Crippen molar-refractivity contribution in [3.8, 4) is 17.2 Å². The average Bonchev–Trinajstić information content (AvgIpc) is 3.16. The summed E-state index contributed by atoms with van der Waals surface area (Å²) in [4.78, 5) is 26.0. The highest BCUT2D eigenvalue weighted by atomic mass is 16.7. The van der Waals surface area contributed by atoms with Gasteiger partial charge in [-0.1, -0.05) is 30.3 Å². The third-order valence-electron chi connectivity index (χ3n) is 6.54. The summed E-state index contributed by atoms with van der Waals surface area (Å²) in [7, 11) is 4.54. The van der Waals surface area contributed by atoms with Gasteiger partial charge in [0.15, 0.2) is 0 Å². The number of methoxy groups -OCH3 is 3. The normalized spacial score (nSPS) is 17.8. The minimum atomic E-state index is -2.15. The molecule has 0 aromatic heterocycles. The van der Waals surface area contributed by atoms with Crippen LogP contribution in [0.15, 0.2) is 72.3 Å². The minimum Gasteiger partial charge on any atom is -0.497 e. The van der Waals surface area contributed by atoms with Crippen LogP contribution in [0.4, 0.5) is 0 Å². The van der Waals surface area contributed by atoms with Crippen molar-refractivity contribution in [2.45, 2.75) is 25.0 Å². The van der Waals surface area contributed by atoms with Gasteiger partial charge in [0.25, 0.3) is 5.79 Å². The van der Waals surface area contributed by atoms with Gasteiger partial charge in [-0.2, -0.15) is 0 Å². The van der Waals surface area contributed by atoms with Crippen LogP contribution in [0.5, 0.6) is 17.2 Å². The predicted octanol–water partition coefficient (Wildman–Crippen LogP) is 3.84. The van der Waals surface area contributed by atoms with Crippen LogP contribution in [0, 0.1) is 6.92 Å². The first-order valence-electron chi connectivity index (χ1n) is 11.6. The van der Waals surface area contributed by atoms with Crippen LogP contribution in [0.2, 0.25) is 0 Å². The molecule has 0 bridgehead atoms. The Kier molecular flexibility index (Phi) is 7.22. The Balaban J connectivity index is 1.96. The fourth-order valence-corrected chi connectivity index (χ4v) is 4.62. The maximum Gasteiger partial charge on any atom is 0.341 e. The highest BCUT2D eigenvalue weighted by molar-refractivity contribution is 6.20. The van der Waals surface area contributed by atoms with Crippen molar-refractivity contribution in [2.24, 2.45) is 5.73 Å². The molecule has 37 heavy (non-hydrogen) atoms. The van der Waals surface area contributed by atoms with Crippen molar-refractivity contribution in [1.29, 1.82) is 0 Å². The fraction of sp³-hybridized carbons (Fsp3) is 0.241. The molecule has 0 aliphatic carbocycles. The van der Waals surface area contributed by atoms with Crippen molar-refractivity contribution < 1.29 is 33.6 Å². The van der Waals surface area contributed by atoms with Crippen LogP contribution in [0.1, 0.15) is 34.6 Å². The highest BCUT2D eigenvalue weighted by Gasteiger charge is 2.49. The number of benzene rings is 3. The zero-order valence-electron chi connectivity index (χ0n) is 21.1. The van der Waals surface area contributed by atoms with Crippen molar-refractivity contribution >= 4 is 17.4 Å². The second-order valence-corrected chi connectivity index (χ2v) is 8.74. The lowest BCUT2D eigenvalue weighted by Gasteiger charge is -2.28. The highest BCUT2D eigenvalue weighted by Crippen LogP contribution is 2.48. The number of nitrogens with two attached hydrogens (primary N) is 1. The summed E-state index contributed by atoms with van der Waals surface area (Å²) in [6.07, 6.45) is -0.0679. The van der Waals surface area contributed by atoms with Gasteiger partial charge >= 0.3 is 5.97 Å². The number of ether oxygens (including phenoxy) is 4. The minimum absolute atomic E-state index is 0.0679. The van der Waals surface area contributed by atoms with Gasteiger partial charge in [0.2, 0.25) is 5.91 Å². The first-order valence-corrected chi connectivity index (χ1v) is 11.6. The summed E-state index contributed by atoms with van der Waals surface area (Å²) >= 11 is 0. The molecule has 1 heterocycles. The number of rotatable bonds is 9. The molecule has 8 heteroatoms. The Morgan fingerprint density at radius 3 is 2.16 bits per heavy atom. The molecule has 1 aliphatic heterocycles. The van der Waals surface area contributed by atoms with Crippen molar-refractivity contribution in [3.05, 3.63) is 94.6 Å². The molecule has 2 unspecified atom stereocenters. The van der Waals surface area contributed by atoms with Crippen molar-refractivity contribution in [2.75, 3.05) is 21.3 Å². The zero-order valence-corrected chi connectivity index (χ0v) is 21.1. The van der Waals surface area contributed by atoms with Gasteiger partial charge < -0.3 is 29.8 Å². The van der Waals surface area contributed by atoms with Crippen molar-refractivity contribution in [3.63, 3.8) is 0 Å². The summed E-state index contributed by atoms with van der Waals surface area (Å²) in [5.41, 5.74) is 8.23. The van der Waals surface area contributed by atoms with Gasteiger partial charge in [-0.05, 0) is 60.4 Å². The molecule has 1 amide bonds. The van der Waals surface area contributed by atoms with Crippen LogP contribution in [-0.2, 0) is 20.1 Å². The van der Waals surface area contributed by atoms with E-state index in [4.69, 9.17) is 24.7 Å². The number of amides is 1. The molecule has 192 valence electrons. The Labute approximate surface area is 215 Å². The van der Waals surface area contributed by atoms with Crippen LogP contribution < -0.4 is 19.9 Å². The second-order valence-electron chi connectivity index (χ2n) is 8.74. The lowest BCUT2D eigenvalue weighted by molar-refractivity contribution is -0.185. The lowest BCUT2D eigenvalue weighted by atomic mass is 9.83. The lowest BCUT2D eigenvalue weighted by Crippen LogP contribution is -2.31. The SMILES string of the molecule is COc1cc(OC)cc(C2=C(CC(C(N)=O)c3ccccc3)C(O)(c3ccc(OC)c(C)c3)OC2=O)c1. The topological polar surface area (TPSA) is 117 Å². The van der Waals surface area contributed by atoms with E-state index in [2.05, 4.69) is 0 Å². The number of hydrogen-bond donors (Lipinski definition) is 2. The number of cyclic esters (lactones) is 1. The molecule has 3 N–H and O–H groups in total. The molecule has 3 aromatic carbocycles. The molecule has 3 aromatic rings. The maximum atomic E-state index is 13.4. The zero-order chi connectivity index (χ0) is 26.7. The summed E-state index contributed by atoms with van der Waals surface area (Å²) in [6, 6.07) is 18.9. The molecule has 0 fully saturated rings. The third kappa shape index (κ3) is 4.88. The van der Waals surface area contributed by atoms with Gasteiger partial charge in [0, 0.05) is 17.2 Å². The molecular weight excluding hydrogens is 474 g/mol. The molecule has 0 saturated carbocycles. The number of carbonyl (C=O) groups is 2. The van der Waals surface area contributed by atoms with Gasteiger partial charge in [0.1, 0.15) is 17.2 Å². The Bertz CT molecular complexity index is 1340. The van der Waals surface area contributed by atoms with Gasteiger partial charge in [-0.3, -0.25) is 4.79 Å². The molecule has 2 atom stereocenters. The second kappa shape index (κ2) is 10.4. The smallest absolute Gasteiger partial charge is 0.341 e. The molecule has 0 saturated heterocycles. The maximum absolute atomic E-state index is 13.4. The van der Waals surface area contributed by atoms with E-state index in [0.29, 0.717) is 33.9 Å². The van der Waals surface area contributed by atoms with E-state index in [1.54, 1.807) is 67.8 Å². The number of aryl methyl sites for hydroxylation is 1. The van der Waals surface area contributed by atoms with E-state index in [1.165, 1.54) is 14.2 Å². The van der Waals surface area contributed by atoms with E-state index in [0.717, 1.165) is 5.56 Å². The van der Waals surface area contributed by atoms with E-state index in [1.807, 2.05) is 13.0 Å². The van der Waals surface area contributed by atoms with Crippen LogP contribution >= 0.6 is 0 Å².